The third-order valence-corrected chi connectivity index (χ3v) is 12.8. The molecule has 22 heteroatoms. The van der Waals surface area contributed by atoms with Crippen molar-refractivity contribution in [1.82, 2.24) is 31.9 Å². The lowest BCUT2D eigenvalue weighted by molar-refractivity contribution is -0.143. The van der Waals surface area contributed by atoms with E-state index in [0.29, 0.717) is 25.7 Å². The quantitative estimate of drug-likeness (QED) is 0.0304. The van der Waals surface area contributed by atoms with E-state index in [9.17, 15) is 53.4 Å². The Morgan fingerprint density at radius 1 is 0.333 bits per heavy atom. The normalized spacial score (nSPS) is 12.2. The fourth-order valence-electron chi connectivity index (χ4n) is 8.27. The molecule has 0 aromatic carbocycles. The maximum Gasteiger partial charge on any atom is 0.329 e. The van der Waals surface area contributed by atoms with Crippen LogP contribution >= 0.6 is 0 Å². The van der Waals surface area contributed by atoms with Crippen LogP contribution in [0, 0.1) is 0 Å². The minimum absolute atomic E-state index is 0.0620. The van der Waals surface area contributed by atoms with Gasteiger partial charge in [0, 0.05) is 45.3 Å². The molecule has 0 aliphatic heterocycles. The SMILES string of the molecule is CCCCCCCCCCCCCC(=O)N[C@@H](CCC(=O)NCCCC[C@H](NC(=O)CC[C@H](NC(=O)CCCCCCCCCCCCC)C(=O)O)C(=O)NCCOCCOCC(=O)NCCOCCOCC(=O)O)C(=O)O. The number of unbranched alkanes of at least 4 members (excludes halogenated alkanes) is 21. The smallest absolute Gasteiger partial charge is 0.329 e. The Bertz CT molecular complexity index is 1620. The van der Waals surface area contributed by atoms with Gasteiger partial charge in [0.2, 0.25) is 35.4 Å². The highest BCUT2D eigenvalue weighted by Crippen LogP contribution is 2.14. The lowest BCUT2D eigenvalue weighted by Gasteiger charge is -2.20. The Kier molecular flexibility index (Phi) is 49.4. The molecule has 0 aliphatic carbocycles. The van der Waals surface area contributed by atoms with Crippen LogP contribution in [0.1, 0.15) is 213 Å². The van der Waals surface area contributed by atoms with Gasteiger partial charge in [-0.1, -0.05) is 142 Å². The van der Waals surface area contributed by atoms with Crippen molar-refractivity contribution in [1.29, 1.82) is 0 Å². The minimum Gasteiger partial charge on any atom is -0.480 e. The topological polar surface area (TPSA) is 323 Å². The summed E-state index contributed by atoms with van der Waals surface area (Å²) >= 11 is 0. The molecule has 0 fully saturated rings. The zero-order valence-electron chi connectivity index (χ0n) is 47.6. The summed E-state index contributed by atoms with van der Waals surface area (Å²) in [7, 11) is 0. The van der Waals surface area contributed by atoms with Crippen molar-refractivity contribution in [2.75, 3.05) is 72.5 Å². The van der Waals surface area contributed by atoms with Crippen molar-refractivity contribution < 1.29 is 77.4 Å². The average Bonchev–Trinajstić information content (AvgIpc) is 3.40. The molecular formula is C56H102N6O16. The number of ether oxygens (including phenoxy) is 4. The molecule has 0 aliphatic rings. The van der Waals surface area contributed by atoms with Crippen molar-refractivity contribution >= 4 is 53.4 Å². The summed E-state index contributed by atoms with van der Waals surface area (Å²) in [5.41, 5.74) is 0. The molecule has 0 radical (unpaired) electrons. The van der Waals surface area contributed by atoms with Crippen LogP contribution in [-0.2, 0) is 62.1 Å². The van der Waals surface area contributed by atoms with E-state index < -0.39 is 66.3 Å². The second-order valence-corrected chi connectivity index (χ2v) is 19.9. The second kappa shape index (κ2) is 52.8. The van der Waals surface area contributed by atoms with Crippen molar-refractivity contribution in [2.24, 2.45) is 0 Å². The van der Waals surface area contributed by atoms with E-state index in [4.69, 9.17) is 24.1 Å². The fraction of sp³-hybridized carbons (Fsp3) is 0.839. The van der Waals surface area contributed by atoms with Crippen molar-refractivity contribution in [2.45, 2.75) is 231 Å². The van der Waals surface area contributed by atoms with Crippen LogP contribution in [0.5, 0.6) is 0 Å². The lowest BCUT2D eigenvalue weighted by atomic mass is 10.0. The molecule has 0 spiro atoms. The maximum absolute atomic E-state index is 13.3. The second-order valence-electron chi connectivity index (χ2n) is 19.9. The van der Waals surface area contributed by atoms with E-state index in [1.807, 2.05) is 0 Å². The molecule has 0 saturated heterocycles. The number of hydrogen-bond acceptors (Lipinski definition) is 13. The first kappa shape index (κ1) is 73.1. The summed E-state index contributed by atoms with van der Waals surface area (Å²) in [6.07, 6.45) is 25.4. The summed E-state index contributed by atoms with van der Waals surface area (Å²) in [5, 5.41) is 43.9. The summed E-state index contributed by atoms with van der Waals surface area (Å²) < 4.78 is 20.9. The van der Waals surface area contributed by atoms with Crippen LogP contribution in [0.3, 0.4) is 0 Å². The van der Waals surface area contributed by atoms with Crippen LogP contribution in [0.2, 0.25) is 0 Å². The molecule has 3 atom stereocenters. The maximum atomic E-state index is 13.3. The van der Waals surface area contributed by atoms with Crippen LogP contribution in [0.4, 0.5) is 0 Å². The van der Waals surface area contributed by atoms with Crippen LogP contribution in [0.25, 0.3) is 0 Å². The number of aliphatic carboxylic acids is 3. The summed E-state index contributed by atoms with van der Waals surface area (Å²) in [5.74, 6) is -6.25. The molecular weight excluding hydrogens is 1010 g/mol. The molecule has 22 nitrogen and oxygen atoms in total. The predicted molar refractivity (Wildman–Crippen MR) is 295 cm³/mol. The van der Waals surface area contributed by atoms with Gasteiger partial charge in [-0.3, -0.25) is 28.8 Å². The highest BCUT2D eigenvalue weighted by Gasteiger charge is 2.25. The molecule has 9 N–H and O–H groups in total. The fourth-order valence-corrected chi connectivity index (χ4v) is 8.27. The zero-order valence-corrected chi connectivity index (χ0v) is 47.6. The molecule has 0 heterocycles. The number of carboxylic acid groups (broad SMARTS) is 3. The number of carbonyl (C=O) groups is 9. The van der Waals surface area contributed by atoms with E-state index in [0.717, 1.165) is 44.9 Å². The molecule has 0 bridgehead atoms. The Morgan fingerprint density at radius 2 is 0.705 bits per heavy atom. The van der Waals surface area contributed by atoms with Gasteiger partial charge >= 0.3 is 17.9 Å². The van der Waals surface area contributed by atoms with Gasteiger partial charge in [-0.2, -0.15) is 0 Å². The Hall–Kier alpha value is -4.93. The first-order valence-electron chi connectivity index (χ1n) is 29.4. The number of carbonyl (C=O) groups excluding carboxylic acids is 6. The molecule has 452 valence electrons. The van der Waals surface area contributed by atoms with Gasteiger partial charge in [-0.25, -0.2) is 14.4 Å². The Morgan fingerprint density at radius 3 is 1.15 bits per heavy atom. The standard InChI is InChI=1S/C56H102N6O16/c1-3-5-7-9-11-13-15-17-19-21-23-28-49(64)61-46(55(71)72)30-32-48(63)57-34-26-25-27-45(54(70)59-36-38-76-39-41-77-43-52(67)58-35-37-75-40-42-78-44-53(68)69)60-51(66)33-31-47(56(73)74)62-50(65)29-24-22-20-18-16-14-12-10-8-6-4-2/h45-47H,3-44H2,1-2H3,(H,57,63)(H,58,67)(H,59,70)(H,60,66)(H,61,64)(H,62,65)(H,68,69)(H,71,72)(H,73,74)/t45-,46-,47-/m0/s1. The van der Waals surface area contributed by atoms with Gasteiger partial charge in [-0.05, 0) is 44.9 Å². The van der Waals surface area contributed by atoms with E-state index in [2.05, 4.69) is 45.7 Å². The van der Waals surface area contributed by atoms with E-state index in [1.54, 1.807) is 0 Å². The summed E-state index contributed by atoms with van der Waals surface area (Å²) in [6, 6.07) is -3.54. The molecule has 0 rings (SSSR count). The third kappa shape index (κ3) is 48.2. The van der Waals surface area contributed by atoms with Gasteiger partial charge in [0.15, 0.2) is 0 Å². The highest BCUT2D eigenvalue weighted by molar-refractivity contribution is 5.88. The van der Waals surface area contributed by atoms with Crippen molar-refractivity contribution in [3.63, 3.8) is 0 Å². The molecule has 0 saturated carbocycles. The van der Waals surface area contributed by atoms with Gasteiger partial charge in [0.25, 0.3) is 0 Å². The Balaban J connectivity index is 4.95. The number of carboxylic acids is 3. The van der Waals surface area contributed by atoms with Gasteiger partial charge in [0.1, 0.15) is 31.3 Å². The van der Waals surface area contributed by atoms with Gasteiger partial charge in [0.05, 0.1) is 39.6 Å². The Labute approximate surface area is 464 Å². The van der Waals surface area contributed by atoms with E-state index >= 15 is 0 Å². The van der Waals surface area contributed by atoms with Crippen LogP contribution < -0.4 is 31.9 Å². The van der Waals surface area contributed by atoms with Crippen molar-refractivity contribution in [3.8, 4) is 0 Å². The minimum atomic E-state index is -1.30. The van der Waals surface area contributed by atoms with Crippen LogP contribution in [-0.4, -0.2) is 159 Å². The van der Waals surface area contributed by atoms with Crippen molar-refractivity contribution in [3.05, 3.63) is 0 Å². The largest absolute Gasteiger partial charge is 0.480 e. The van der Waals surface area contributed by atoms with Crippen LogP contribution in [0.15, 0.2) is 0 Å². The average molecular weight is 1120 g/mol. The van der Waals surface area contributed by atoms with E-state index in [1.165, 1.54) is 83.5 Å². The molecule has 0 aromatic heterocycles. The third-order valence-electron chi connectivity index (χ3n) is 12.8. The number of amides is 6. The predicted octanol–water partition coefficient (Wildman–Crippen LogP) is 6.24. The monoisotopic (exact) mass is 1110 g/mol. The van der Waals surface area contributed by atoms with Gasteiger partial charge < -0.3 is 66.2 Å². The zero-order chi connectivity index (χ0) is 57.7. The number of nitrogens with one attached hydrogen (secondary N) is 6. The molecule has 78 heavy (non-hydrogen) atoms. The summed E-state index contributed by atoms with van der Waals surface area (Å²) in [6.45, 7) is 4.99. The number of hydrogen-bond donors (Lipinski definition) is 9. The molecule has 6 amide bonds. The summed E-state index contributed by atoms with van der Waals surface area (Å²) in [4.78, 5) is 111. The number of rotatable bonds is 57. The van der Waals surface area contributed by atoms with E-state index in [-0.39, 0.29) is 123 Å². The molecule has 0 aromatic rings. The lowest BCUT2D eigenvalue weighted by Crippen LogP contribution is -2.48. The molecule has 0 unspecified atom stereocenters. The highest BCUT2D eigenvalue weighted by atomic mass is 16.5. The first-order valence-corrected chi connectivity index (χ1v) is 29.4. The van der Waals surface area contributed by atoms with Gasteiger partial charge in [-0.15, -0.1) is 0 Å². The first-order chi connectivity index (χ1) is 37.7.